The lowest BCUT2D eigenvalue weighted by Gasteiger charge is -2.32. The largest absolute Gasteiger partial charge is 0.457 e. The molecule has 1 atom stereocenters. The van der Waals surface area contributed by atoms with E-state index in [2.05, 4.69) is 30.6 Å². The SMILES string of the molecule is CC(C)(SCc1cnc[nH]1)C(NS(=O)(=O)c1ccc(Oc2ccc(Br)cc2)cc1)C(=O)NO. The van der Waals surface area contributed by atoms with E-state index in [4.69, 9.17) is 4.74 Å². The summed E-state index contributed by atoms with van der Waals surface area (Å²) in [5, 5.41) is 9.20. The van der Waals surface area contributed by atoms with E-state index in [9.17, 15) is 18.4 Å². The molecule has 0 bridgehead atoms. The van der Waals surface area contributed by atoms with Crippen LogP contribution in [-0.4, -0.2) is 40.3 Å². The molecule has 12 heteroatoms. The molecule has 4 N–H and O–H groups in total. The second-order valence-corrected chi connectivity index (χ2v) is 11.8. The first-order chi connectivity index (χ1) is 15.6. The van der Waals surface area contributed by atoms with Crippen LogP contribution in [0.4, 0.5) is 0 Å². The van der Waals surface area contributed by atoms with Crippen molar-refractivity contribution in [2.45, 2.75) is 35.3 Å². The fraction of sp³-hybridized carbons (Fsp3) is 0.238. The van der Waals surface area contributed by atoms with Crippen LogP contribution >= 0.6 is 27.7 Å². The summed E-state index contributed by atoms with van der Waals surface area (Å²) in [6, 6.07) is 11.8. The third-order valence-electron chi connectivity index (χ3n) is 4.68. The summed E-state index contributed by atoms with van der Waals surface area (Å²) in [6.07, 6.45) is 3.18. The van der Waals surface area contributed by atoms with Crippen molar-refractivity contribution in [1.29, 1.82) is 0 Å². The first-order valence-electron chi connectivity index (χ1n) is 9.72. The van der Waals surface area contributed by atoms with Crippen LogP contribution in [0.1, 0.15) is 19.5 Å². The average molecular weight is 555 g/mol. The highest BCUT2D eigenvalue weighted by molar-refractivity contribution is 9.10. The molecule has 2 aromatic carbocycles. The Balaban J connectivity index is 1.74. The van der Waals surface area contributed by atoms with Crippen molar-refractivity contribution in [2.75, 3.05) is 0 Å². The summed E-state index contributed by atoms with van der Waals surface area (Å²) in [5.41, 5.74) is 2.38. The topological polar surface area (TPSA) is 133 Å². The van der Waals surface area contributed by atoms with Crippen LogP contribution in [0.2, 0.25) is 0 Å². The number of ether oxygens (including phenoxy) is 1. The Bertz CT molecular complexity index is 1170. The molecule has 0 fully saturated rings. The number of benzene rings is 2. The third-order valence-corrected chi connectivity index (χ3v) is 8.08. The summed E-state index contributed by atoms with van der Waals surface area (Å²) in [6.45, 7) is 3.43. The number of aromatic amines is 1. The highest BCUT2D eigenvalue weighted by Crippen LogP contribution is 2.32. The lowest BCUT2D eigenvalue weighted by Crippen LogP contribution is -2.55. The standard InChI is InChI=1S/C21H23BrN4O5S2/c1-21(2,32-12-15-11-23-13-24-15)19(20(27)25-28)26-33(29,30)18-9-7-17(8-10-18)31-16-5-3-14(22)4-6-16/h3-11,13,19,26,28H,12H2,1-2H3,(H,23,24)(H,25,27). The Labute approximate surface area is 204 Å². The number of nitrogens with zero attached hydrogens (tertiary/aromatic N) is 1. The van der Waals surface area contributed by atoms with Gasteiger partial charge in [0, 0.05) is 26.9 Å². The highest BCUT2D eigenvalue weighted by Gasteiger charge is 2.39. The highest BCUT2D eigenvalue weighted by atomic mass is 79.9. The van der Waals surface area contributed by atoms with Crippen molar-refractivity contribution in [3.05, 3.63) is 71.2 Å². The maximum absolute atomic E-state index is 13.0. The van der Waals surface area contributed by atoms with Gasteiger partial charge in [-0.15, -0.1) is 11.8 Å². The zero-order chi connectivity index (χ0) is 24.1. The van der Waals surface area contributed by atoms with Gasteiger partial charge in [0.1, 0.15) is 17.5 Å². The number of hydrogen-bond acceptors (Lipinski definition) is 7. The quantitative estimate of drug-likeness (QED) is 0.221. The first kappa shape index (κ1) is 25.2. The van der Waals surface area contributed by atoms with Gasteiger partial charge in [0.25, 0.3) is 5.91 Å². The Kier molecular flexibility index (Phi) is 8.19. The molecule has 0 spiro atoms. The predicted octanol–water partition coefficient (Wildman–Crippen LogP) is 3.83. The molecule has 1 heterocycles. The number of sulfonamides is 1. The number of carbonyl (C=O) groups excluding carboxylic acids is 1. The van der Waals surface area contributed by atoms with E-state index >= 15 is 0 Å². The summed E-state index contributed by atoms with van der Waals surface area (Å²) in [7, 11) is -4.08. The second kappa shape index (κ2) is 10.7. The number of amides is 1. The molecule has 1 aromatic heterocycles. The van der Waals surface area contributed by atoms with E-state index in [-0.39, 0.29) is 4.90 Å². The third kappa shape index (κ3) is 6.81. The number of hydroxylamine groups is 1. The number of thioether (sulfide) groups is 1. The molecule has 3 rings (SSSR count). The zero-order valence-electron chi connectivity index (χ0n) is 17.8. The maximum atomic E-state index is 13.0. The van der Waals surface area contributed by atoms with Crippen molar-refractivity contribution in [1.82, 2.24) is 20.2 Å². The fourth-order valence-electron chi connectivity index (χ4n) is 2.84. The molecular formula is C21H23BrN4O5S2. The van der Waals surface area contributed by atoms with Crippen molar-refractivity contribution >= 4 is 43.6 Å². The van der Waals surface area contributed by atoms with Gasteiger partial charge in [-0.05, 0) is 62.4 Å². The maximum Gasteiger partial charge on any atom is 0.262 e. The molecule has 0 radical (unpaired) electrons. The first-order valence-corrected chi connectivity index (χ1v) is 13.0. The normalized spacial score (nSPS) is 12.8. The van der Waals surface area contributed by atoms with Gasteiger partial charge >= 0.3 is 0 Å². The molecule has 9 nitrogen and oxygen atoms in total. The Morgan fingerprint density at radius 2 is 1.79 bits per heavy atom. The summed E-state index contributed by atoms with van der Waals surface area (Å²) < 4.78 is 34.1. The zero-order valence-corrected chi connectivity index (χ0v) is 21.0. The molecule has 3 aromatic rings. The number of carbonyl (C=O) groups is 1. The smallest absolute Gasteiger partial charge is 0.262 e. The van der Waals surface area contributed by atoms with Gasteiger partial charge in [-0.25, -0.2) is 18.9 Å². The number of hydrogen-bond donors (Lipinski definition) is 4. The van der Waals surface area contributed by atoms with Crippen LogP contribution in [0.5, 0.6) is 11.5 Å². The lowest BCUT2D eigenvalue weighted by atomic mass is 10.0. The molecule has 176 valence electrons. The van der Waals surface area contributed by atoms with E-state index < -0.39 is 26.7 Å². The van der Waals surface area contributed by atoms with Gasteiger partial charge in [0.2, 0.25) is 10.0 Å². The molecule has 0 saturated heterocycles. The van der Waals surface area contributed by atoms with Gasteiger partial charge < -0.3 is 9.72 Å². The van der Waals surface area contributed by atoms with Crippen LogP contribution in [0.3, 0.4) is 0 Å². The van der Waals surface area contributed by atoms with Gasteiger partial charge in [-0.3, -0.25) is 10.0 Å². The summed E-state index contributed by atoms with van der Waals surface area (Å²) in [5.74, 6) is 0.654. The minimum absolute atomic E-state index is 0.0456. The summed E-state index contributed by atoms with van der Waals surface area (Å²) >= 11 is 4.69. The van der Waals surface area contributed by atoms with Crippen molar-refractivity contribution in [3.63, 3.8) is 0 Å². The Morgan fingerprint density at radius 1 is 1.18 bits per heavy atom. The van der Waals surface area contributed by atoms with Crippen molar-refractivity contribution in [2.24, 2.45) is 0 Å². The number of rotatable bonds is 10. The minimum Gasteiger partial charge on any atom is -0.457 e. The van der Waals surface area contributed by atoms with E-state index in [1.54, 1.807) is 37.7 Å². The molecule has 0 aliphatic heterocycles. The van der Waals surface area contributed by atoms with Crippen molar-refractivity contribution in [3.8, 4) is 11.5 Å². The number of imidazole rings is 1. The van der Waals surface area contributed by atoms with Gasteiger partial charge in [0.15, 0.2) is 0 Å². The fourth-order valence-corrected chi connectivity index (χ4v) is 5.53. The van der Waals surface area contributed by atoms with Crippen LogP contribution in [0, 0.1) is 0 Å². The van der Waals surface area contributed by atoms with Crippen LogP contribution in [0.15, 0.2) is 70.4 Å². The van der Waals surface area contributed by atoms with Gasteiger partial charge in [0.05, 0.1) is 11.2 Å². The monoisotopic (exact) mass is 554 g/mol. The predicted molar refractivity (Wildman–Crippen MR) is 129 cm³/mol. The Hall–Kier alpha value is -2.38. The van der Waals surface area contributed by atoms with E-state index in [0.29, 0.717) is 17.3 Å². The van der Waals surface area contributed by atoms with E-state index in [1.807, 2.05) is 12.1 Å². The molecule has 0 aliphatic rings. The van der Waals surface area contributed by atoms with Gasteiger partial charge in [-0.1, -0.05) is 15.9 Å². The molecule has 0 aliphatic carbocycles. The molecule has 1 unspecified atom stereocenters. The van der Waals surface area contributed by atoms with Crippen LogP contribution in [0.25, 0.3) is 0 Å². The minimum atomic E-state index is -4.08. The second-order valence-electron chi connectivity index (χ2n) is 7.53. The molecule has 0 saturated carbocycles. The van der Waals surface area contributed by atoms with Crippen LogP contribution < -0.4 is 14.9 Å². The molecule has 33 heavy (non-hydrogen) atoms. The Morgan fingerprint density at radius 3 is 2.33 bits per heavy atom. The molecule has 1 amide bonds. The van der Waals surface area contributed by atoms with Crippen molar-refractivity contribution < 1.29 is 23.2 Å². The number of halogens is 1. The van der Waals surface area contributed by atoms with Crippen LogP contribution in [-0.2, 0) is 20.6 Å². The van der Waals surface area contributed by atoms with Gasteiger partial charge in [-0.2, -0.15) is 4.72 Å². The molecular weight excluding hydrogens is 532 g/mol. The number of aromatic nitrogens is 2. The average Bonchev–Trinajstić information content (AvgIpc) is 3.31. The number of nitrogens with one attached hydrogen (secondary N) is 3. The summed E-state index contributed by atoms with van der Waals surface area (Å²) in [4.78, 5) is 19.2. The number of H-pyrrole nitrogens is 1. The van der Waals surface area contributed by atoms with E-state index in [1.165, 1.54) is 42.4 Å². The van der Waals surface area contributed by atoms with E-state index in [0.717, 1.165) is 10.2 Å². The lowest BCUT2D eigenvalue weighted by molar-refractivity contribution is -0.131.